The molecule has 7 nitrogen and oxygen atoms in total. The van der Waals surface area contributed by atoms with Crippen LogP contribution in [0.25, 0.3) is 0 Å². The Labute approximate surface area is 155 Å². The lowest BCUT2D eigenvalue weighted by molar-refractivity contribution is -0.132. The SMILES string of the molecule is CCCCCC(=O)N1CCCC(c2nnc(Cn3ccnc3C)n2C)C1. The highest BCUT2D eigenvalue weighted by Gasteiger charge is 2.28. The van der Waals surface area contributed by atoms with Gasteiger partial charge < -0.3 is 14.0 Å². The number of nitrogens with zero attached hydrogens (tertiary/aromatic N) is 6. The summed E-state index contributed by atoms with van der Waals surface area (Å²) < 4.78 is 4.16. The molecule has 1 saturated heterocycles. The predicted octanol–water partition coefficient (Wildman–Crippen LogP) is 2.65. The summed E-state index contributed by atoms with van der Waals surface area (Å²) in [5.41, 5.74) is 0. The van der Waals surface area contributed by atoms with E-state index in [4.69, 9.17) is 0 Å². The fraction of sp³-hybridized carbons (Fsp3) is 0.684. The second kappa shape index (κ2) is 8.47. The normalized spacial score (nSPS) is 17.7. The van der Waals surface area contributed by atoms with Crippen molar-refractivity contribution in [3.05, 3.63) is 29.9 Å². The maximum atomic E-state index is 12.5. The number of unbranched alkanes of at least 4 members (excludes halogenated alkanes) is 2. The van der Waals surface area contributed by atoms with Crippen molar-refractivity contribution >= 4 is 5.91 Å². The minimum absolute atomic E-state index is 0.272. The van der Waals surface area contributed by atoms with Crippen molar-refractivity contribution in [2.24, 2.45) is 7.05 Å². The number of carbonyl (C=O) groups excluding carboxylic acids is 1. The van der Waals surface area contributed by atoms with E-state index in [0.717, 1.165) is 62.7 Å². The minimum atomic E-state index is 0.272. The lowest BCUT2D eigenvalue weighted by Gasteiger charge is -2.32. The van der Waals surface area contributed by atoms with Crippen molar-refractivity contribution in [1.29, 1.82) is 0 Å². The second-order valence-corrected chi connectivity index (χ2v) is 7.27. The summed E-state index contributed by atoms with van der Waals surface area (Å²) in [7, 11) is 2.03. The van der Waals surface area contributed by atoms with Crippen LogP contribution in [0.2, 0.25) is 0 Å². The van der Waals surface area contributed by atoms with Crippen LogP contribution in [0.1, 0.15) is 68.8 Å². The molecule has 1 aliphatic heterocycles. The molecule has 142 valence electrons. The lowest BCUT2D eigenvalue weighted by atomic mass is 9.96. The van der Waals surface area contributed by atoms with Gasteiger partial charge in [-0.2, -0.15) is 0 Å². The van der Waals surface area contributed by atoms with Crippen molar-refractivity contribution in [3.8, 4) is 0 Å². The van der Waals surface area contributed by atoms with E-state index < -0.39 is 0 Å². The molecule has 7 heteroatoms. The van der Waals surface area contributed by atoms with Gasteiger partial charge in [-0.25, -0.2) is 4.98 Å². The molecule has 3 heterocycles. The van der Waals surface area contributed by atoms with Crippen molar-refractivity contribution in [1.82, 2.24) is 29.2 Å². The fourth-order valence-corrected chi connectivity index (χ4v) is 3.69. The zero-order valence-electron chi connectivity index (χ0n) is 16.2. The monoisotopic (exact) mass is 358 g/mol. The van der Waals surface area contributed by atoms with Crippen LogP contribution in [0.15, 0.2) is 12.4 Å². The number of piperidine rings is 1. The van der Waals surface area contributed by atoms with Gasteiger partial charge in [-0.3, -0.25) is 4.79 Å². The first-order valence-corrected chi connectivity index (χ1v) is 9.73. The molecule has 1 amide bonds. The Hall–Kier alpha value is -2.18. The van der Waals surface area contributed by atoms with E-state index in [9.17, 15) is 4.79 Å². The third-order valence-electron chi connectivity index (χ3n) is 5.37. The molecule has 0 N–H and O–H groups in total. The second-order valence-electron chi connectivity index (χ2n) is 7.27. The molecule has 0 aromatic carbocycles. The van der Waals surface area contributed by atoms with Crippen LogP contribution in [-0.4, -0.2) is 48.2 Å². The molecule has 1 unspecified atom stereocenters. The Kier molecular flexibility index (Phi) is 6.06. The predicted molar refractivity (Wildman–Crippen MR) is 99.8 cm³/mol. The lowest BCUT2D eigenvalue weighted by Crippen LogP contribution is -2.39. The smallest absolute Gasteiger partial charge is 0.222 e. The number of imidazole rings is 1. The van der Waals surface area contributed by atoms with Crippen LogP contribution < -0.4 is 0 Å². The van der Waals surface area contributed by atoms with Crippen LogP contribution in [0.3, 0.4) is 0 Å². The molecular weight excluding hydrogens is 328 g/mol. The van der Waals surface area contributed by atoms with E-state index >= 15 is 0 Å². The van der Waals surface area contributed by atoms with Crippen LogP contribution in [0.4, 0.5) is 0 Å². The van der Waals surface area contributed by atoms with Crippen molar-refractivity contribution in [2.45, 2.75) is 64.8 Å². The molecule has 26 heavy (non-hydrogen) atoms. The van der Waals surface area contributed by atoms with Gasteiger partial charge in [-0.15, -0.1) is 10.2 Å². The standard InChI is InChI=1S/C19H30N6O/c1-4-5-6-9-18(26)25-11-7-8-16(13-25)19-22-21-17(23(19)3)14-24-12-10-20-15(24)2/h10,12,16H,4-9,11,13-14H2,1-3H3. The summed E-state index contributed by atoms with van der Waals surface area (Å²) >= 11 is 0. The molecule has 0 aliphatic carbocycles. The van der Waals surface area contributed by atoms with Gasteiger partial charge in [0.2, 0.25) is 5.91 Å². The molecule has 1 fully saturated rings. The minimum Gasteiger partial charge on any atom is -0.342 e. The van der Waals surface area contributed by atoms with Gasteiger partial charge in [0.05, 0.1) is 6.54 Å². The van der Waals surface area contributed by atoms with E-state index in [2.05, 4.69) is 31.2 Å². The molecule has 2 aromatic heterocycles. The van der Waals surface area contributed by atoms with Crippen molar-refractivity contribution in [3.63, 3.8) is 0 Å². The summed E-state index contributed by atoms with van der Waals surface area (Å²) in [5, 5.41) is 8.86. The van der Waals surface area contributed by atoms with Gasteiger partial charge in [0.1, 0.15) is 11.6 Å². The Morgan fingerprint density at radius 2 is 2.15 bits per heavy atom. The summed E-state index contributed by atoms with van der Waals surface area (Å²) in [6.07, 6.45) is 9.80. The molecular formula is C19H30N6O. The highest BCUT2D eigenvalue weighted by atomic mass is 16.2. The summed E-state index contributed by atoms with van der Waals surface area (Å²) in [6.45, 7) is 6.46. The number of likely N-dealkylation sites (tertiary alicyclic amines) is 1. The average molecular weight is 358 g/mol. The van der Waals surface area contributed by atoms with Crippen molar-refractivity contribution < 1.29 is 4.79 Å². The number of hydrogen-bond donors (Lipinski definition) is 0. The maximum absolute atomic E-state index is 12.5. The zero-order valence-corrected chi connectivity index (χ0v) is 16.2. The topological polar surface area (TPSA) is 68.8 Å². The molecule has 0 saturated carbocycles. The van der Waals surface area contributed by atoms with Gasteiger partial charge in [-0.1, -0.05) is 19.8 Å². The van der Waals surface area contributed by atoms with Crippen molar-refractivity contribution in [2.75, 3.05) is 13.1 Å². The average Bonchev–Trinajstić information content (AvgIpc) is 3.22. The molecule has 0 spiro atoms. The van der Waals surface area contributed by atoms with E-state index in [1.807, 2.05) is 25.1 Å². The van der Waals surface area contributed by atoms with Gasteiger partial charge in [0.15, 0.2) is 5.82 Å². The third-order valence-corrected chi connectivity index (χ3v) is 5.37. The first-order chi connectivity index (χ1) is 12.6. The Morgan fingerprint density at radius 3 is 2.88 bits per heavy atom. The van der Waals surface area contributed by atoms with E-state index in [0.29, 0.717) is 18.9 Å². The fourth-order valence-electron chi connectivity index (χ4n) is 3.69. The quantitative estimate of drug-likeness (QED) is 0.714. The number of hydrogen-bond acceptors (Lipinski definition) is 4. The first-order valence-electron chi connectivity index (χ1n) is 9.73. The Bertz CT molecular complexity index is 734. The largest absolute Gasteiger partial charge is 0.342 e. The summed E-state index contributed by atoms with van der Waals surface area (Å²) in [6, 6.07) is 0. The Morgan fingerprint density at radius 1 is 1.31 bits per heavy atom. The highest BCUT2D eigenvalue weighted by Crippen LogP contribution is 2.26. The van der Waals surface area contributed by atoms with Gasteiger partial charge in [-0.05, 0) is 26.2 Å². The van der Waals surface area contributed by atoms with Gasteiger partial charge in [0.25, 0.3) is 0 Å². The molecule has 1 atom stereocenters. The molecule has 0 radical (unpaired) electrons. The van der Waals surface area contributed by atoms with Crippen LogP contribution in [0.5, 0.6) is 0 Å². The summed E-state index contributed by atoms with van der Waals surface area (Å²) in [4.78, 5) is 18.7. The number of amides is 1. The molecule has 2 aromatic rings. The number of aromatic nitrogens is 5. The molecule has 3 rings (SSSR count). The van der Waals surface area contributed by atoms with Gasteiger partial charge in [0, 0.05) is 44.9 Å². The zero-order chi connectivity index (χ0) is 18.5. The first kappa shape index (κ1) is 18.6. The van der Waals surface area contributed by atoms with Crippen LogP contribution in [0, 0.1) is 6.92 Å². The molecule has 0 bridgehead atoms. The van der Waals surface area contributed by atoms with E-state index in [-0.39, 0.29) is 5.92 Å². The van der Waals surface area contributed by atoms with E-state index in [1.54, 1.807) is 6.20 Å². The van der Waals surface area contributed by atoms with Crippen LogP contribution >= 0.6 is 0 Å². The number of rotatable bonds is 7. The van der Waals surface area contributed by atoms with Crippen LogP contribution in [-0.2, 0) is 18.4 Å². The number of aryl methyl sites for hydroxylation is 1. The Balaban J connectivity index is 1.65. The number of carbonyl (C=O) groups is 1. The van der Waals surface area contributed by atoms with E-state index in [1.165, 1.54) is 0 Å². The third kappa shape index (κ3) is 4.14. The summed E-state index contributed by atoms with van der Waals surface area (Å²) in [5.74, 6) is 3.45. The highest BCUT2D eigenvalue weighted by molar-refractivity contribution is 5.76. The maximum Gasteiger partial charge on any atom is 0.222 e. The van der Waals surface area contributed by atoms with Gasteiger partial charge >= 0.3 is 0 Å². The molecule has 1 aliphatic rings.